The zero-order valence-corrected chi connectivity index (χ0v) is 13.8. The Hall–Kier alpha value is 0.0969. The second-order valence-corrected chi connectivity index (χ2v) is 9.17. The molecule has 0 aromatic heterocycles. The van der Waals surface area contributed by atoms with Gasteiger partial charge in [0.25, 0.3) is 0 Å². The quantitative estimate of drug-likeness (QED) is 0.351. The van der Waals surface area contributed by atoms with Crippen molar-refractivity contribution in [1.29, 1.82) is 0 Å². The first kappa shape index (κ1) is 15.5. The highest BCUT2D eigenvalue weighted by Gasteiger charge is 2.43. The van der Waals surface area contributed by atoms with Gasteiger partial charge in [-0.2, -0.15) is 0 Å². The van der Waals surface area contributed by atoms with E-state index in [4.69, 9.17) is 13.9 Å². The Kier molecular flexibility index (Phi) is 6.84. The van der Waals surface area contributed by atoms with Crippen LogP contribution in [0.3, 0.4) is 0 Å². The number of hydrogen-bond acceptors (Lipinski definition) is 3. The molecule has 3 unspecified atom stereocenters. The van der Waals surface area contributed by atoms with Gasteiger partial charge in [0.2, 0.25) is 0 Å². The number of rotatable bonds is 10. The smallest absolute Gasteiger partial charge is 0.176 e. The van der Waals surface area contributed by atoms with Crippen LogP contribution in [-0.4, -0.2) is 41.1 Å². The third kappa shape index (κ3) is 5.54. The van der Waals surface area contributed by atoms with Gasteiger partial charge in [-0.25, -0.2) is 0 Å². The molecule has 0 aromatic rings. The van der Waals surface area contributed by atoms with E-state index in [1.807, 2.05) is 0 Å². The Morgan fingerprint density at radius 1 is 1.05 bits per heavy atom. The third-order valence-electron chi connectivity index (χ3n) is 4.51. The summed E-state index contributed by atoms with van der Waals surface area (Å²) < 4.78 is 17.1. The van der Waals surface area contributed by atoms with Crippen molar-refractivity contribution in [3.8, 4) is 0 Å². The number of epoxide rings is 1. The Labute approximate surface area is 119 Å². The van der Waals surface area contributed by atoms with Crippen molar-refractivity contribution < 1.29 is 13.9 Å². The fourth-order valence-electron chi connectivity index (χ4n) is 3.12. The maximum absolute atomic E-state index is 5.85. The van der Waals surface area contributed by atoms with E-state index >= 15 is 0 Å². The van der Waals surface area contributed by atoms with Crippen LogP contribution in [-0.2, 0) is 13.9 Å². The predicted molar refractivity (Wildman–Crippen MR) is 80.1 cm³/mol. The van der Waals surface area contributed by atoms with Crippen molar-refractivity contribution in [2.45, 2.75) is 70.2 Å². The average molecular weight is 286 g/mol. The summed E-state index contributed by atoms with van der Waals surface area (Å²) in [6, 6.07) is 2.48. The lowest BCUT2D eigenvalue weighted by Gasteiger charge is -2.18. The van der Waals surface area contributed by atoms with Crippen LogP contribution < -0.4 is 0 Å². The van der Waals surface area contributed by atoms with Crippen molar-refractivity contribution in [2.75, 3.05) is 19.8 Å². The molecule has 0 bridgehead atoms. The molecule has 112 valence electrons. The van der Waals surface area contributed by atoms with Crippen molar-refractivity contribution in [3.63, 3.8) is 0 Å². The first-order valence-electron chi connectivity index (χ1n) is 8.18. The maximum Gasteiger partial charge on any atom is 0.176 e. The zero-order chi connectivity index (χ0) is 13.5. The molecule has 1 aliphatic heterocycles. The second kappa shape index (κ2) is 8.40. The number of hydrogen-bond donors (Lipinski definition) is 0. The Balaban J connectivity index is 1.38. The molecule has 2 aliphatic rings. The number of ether oxygens (including phenoxy) is 2. The molecule has 0 amide bonds. The average Bonchev–Trinajstić information content (AvgIpc) is 3.20. The highest BCUT2D eigenvalue weighted by Crippen LogP contribution is 2.40. The SMILES string of the molecule is CC[SiH](CC)OCCOCCCC1CCC2OC2C1. The van der Waals surface area contributed by atoms with E-state index < -0.39 is 9.04 Å². The molecule has 0 N–H and O–H groups in total. The summed E-state index contributed by atoms with van der Waals surface area (Å²) in [5.41, 5.74) is 0. The fraction of sp³-hybridized carbons (Fsp3) is 1.00. The van der Waals surface area contributed by atoms with Crippen LogP contribution in [0.5, 0.6) is 0 Å². The summed E-state index contributed by atoms with van der Waals surface area (Å²) in [6.45, 7) is 6.96. The van der Waals surface area contributed by atoms with E-state index in [1.54, 1.807) is 0 Å². The topological polar surface area (TPSA) is 31.0 Å². The molecule has 1 heterocycles. The van der Waals surface area contributed by atoms with Crippen LogP contribution >= 0.6 is 0 Å². The van der Waals surface area contributed by atoms with Gasteiger partial charge in [-0.15, -0.1) is 0 Å². The van der Waals surface area contributed by atoms with Gasteiger partial charge < -0.3 is 13.9 Å². The second-order valence-electron chi connectivity index (χ2n) is 5.96. The fourth-order valence-corrected chi connectivity index (χ4v) is 4.60. The van der Waals surface area contributed by atoms with Gasteiger partial charge in [0.15, 0.2) is 9.04 Å². The highest BCUT2D eigenvalue weighted by atomic mass is 28.3. The van der Waals surface area contributed by atoms with Crippen molar-refractivity contribution in [2.24, 2.45) is 5.92 Å². The van der Waals surface area contributed by atoms with Gasteiger partial charge in [0.05, 0.1) is 25.4 Å². The van der Waals surface area contributed by atoms with Crippen molar-refractivity contribution in [1.82, 2.24) is 0 Å². The Morgan fingerprint density at radius 2 is 1.89 bits per heavy atom. The molecule has 3 atom stereocenters. The van der Waals surface area contributed by atoms with E-state index in [0.29, 0.717) is 12.2 Å². The molecule has 19 heavy (non-hydrogen) atoms. The van der Waals surface area contributed by atoms with Gasteiger partial charge in [-0.3, -0.25) is 0 Å². The van der Waals surface area contributed by atoms with E-state index in [2.05, 4.69) is 13.8 Å². The first-order valence-corrected chi connectivity index (χ1v) is 10.3. The summed E-state index contributed by atoms with van der Waals surface area (Å²) in [5.74, 6) is 0.889. The molecule has 4 heteroatoms. The molecule has 0 spiro atoms. The van der Waals surface area contributed by atoms with Crippen molar-refractivity contribution in [3.05, 3.63) is 0 Å². The lowest BCUT2D eigenvalue weighted by atomic mass is 9.86. The molecule has 2 rings (SSSR count). The summed E-state index contributed by atoms with van der Waals surface area (Å²) in [4.78, 5) is 0. The minimum atomic E-state index is -0.870. The molecule has 1 saturated heterocycles. The van der Waals surface area contributed by atoms with Crippen LogP contribution in [0.2, 0.25) is 12.1 Å². The maximum atomic E-state index is 5.85. The molecular formula is C15H30O3Si. The predicted octanol–water partition coefficient (Wildman–Crippen LogP) is 3.13. The van der Waals surface area contributed by atoms with Crippen LogP contribution in [0, 0.1) is 5.92 Å². The summed E-state index contributed by atoms with van der Waals surface area (Å²) in [7, 11) is -0.870. The van der Waals surface area contributed by atoms with Crippen LogP contribution in [0.15, 0.2) is 0 Å². The van der Waals surface area contributed by atoms with E-state index in [1.165, 1.54) is 44.2 Å². The monoisotopic (exact) mass is 286 g/mol. The largest absolute Gasteiger partial charge is 0.418 e. The Morgan fingerprint density at radius 3 is 2.63 bits per heavy atom. The summed E-state index contributed by atoms with van der Waals surface area (Å²) in [5, 5.41) is 0. The number of fused-ring (bicyclic) bond motifs is 1. The molecule has 0 aromatic carbocycles. The van der Waals surface area contributed by atoms with Gasteiger partial charge in [0, 0.05) is 6.61 Å². The third-order valence-corrected chi connectivity index (χ3v) is 7.03. The minimum absolute atomic E-state index is 0.623. The first-order chi connectivity index (χ1) is 9.33. The van der Waals surface area contributed by atoms with Crippen molar-refractivity contribution >= 4 is 9.04 Å². The van der Waals surface area contributed by atoms with Gasteiger partial charge in [-0.1, -0.05) is 13.8 Å². The summed E-state index contributed by atoms with van der Waals surface area (Å²) in [6.07, 6.45) is 7.74. The van der Waals surface area contributed by atoms with Gasteiger partial charge >= 0.3 is 0 Å². The molecular weight excluding hydrogens is 256 g/mol. The highest BCUT2D eigenvalue weighted by molar-refractivity contribution is 6.51. The van der Waals surface area contributed by atoms with Gasteiger partial charge in [0.1, 0.15) is 0 Å². The lowest BCUT2D eigenvalue weighted by molar-refractivity contribution is 0.0933. The van der Waals surface area contributed by atoms with Gasteiger partial charge in [-0.05, 0) is 50.1 Å². The molecule has 0 radical (unpaired) electrons. The van der Waals surface area contributed by atoms with E-state index in [0.717, 1.165) is 25.7 Å². The minimum Gasteiger partial charge on any atom is -0.418 e. The standard InChI is InChI=1S/C15H30O3Si/c1-3-19(4-2)17-11-10-16-9-5-6-13-7-8-14-15(12-13)18-14/h13-15,19H,3-12H2,1-2H3. The molecule has 3 nitrogen and oxygen atoms in total. The molecule has 1 aliphatic carbocycles. The normalized spacial score (nSPS) is 29.5. The Bertz CT molecular complexity index is 246. The summed E-state index contributed by atoms with van der Waals surface area (Å²) >= 11 is 0. The van der Waals surface area contributed by atoms with E-state index in [-0.39, 0.29) is 0 Å². The molecule has 1 saturated carbocycles. The lowest BCUT2D eigenvalue weighted by Crippen LogP contribution is -2.19. The van der Waals surface area contributed by atoms with E-state index in [9.17, 15) is 0 Å². The molecule has 2 fully saturated rings. The van der Waals surface area contributed by atoms with Crippen LogP contribution in [0.25, 0.3) is 0 Å². The van der Waals surface area contributed by atoms with Crippen LogP contribution in [0.1, 0.15) is 46.0 Å². The van der Waals surface area contributed by atoms with Crippen LogP contribution in [0.4, 0.5) is 0 Å². The zero-order valence-electron chi connectivity index (χ0n) is 12.6.